The summed E-state index contributed by atoms with van der Waals surface area (Å²) in [6.07, 6.45) is 3.58. The van der Waals surface area contributed by atoms with Gasteiger partial charge in [0.05, 0.1) is 13.2 Å². The molecule has 172 valence electrons. The van der Waals surface area contributed by atoms with Gasteiger partial charge in [-0.3, -0.25) is 9.59 Å². The summed E-state index contributed by atoms with van der Waals surface area (Å²) in [6, 6.07) is 5.64. The molecule has 3 rings (SSSR count). The maximum absolute atomic E-state index is 13.6. The molecule has 0 radical (unpaired) electrons. The van der Waals surface area contributed by atoms with Gasteiger partial charge in [0.2, 0.25) is 0 Å². The van der Waals surface area contributed by atoms with Gasteiger partial charge in [0.15, 0.2) is 17.3 Å². The Balaban J connectivity index is 1.89. The lowest BCUT2D eigenvalue weighted by Crippen LogP contribution is -2.37. The zero-order valence-corrected chi connectivity index (χ0v) is 19.3. The van der Waals surface area contributed by atoms with Crippen LogP contribution in [0.15, 0.2) is 30.9 Å². The van der Waals surface area contributed by atoms with Crippen molar-refractivity contribution in [2.45, 2.75) is 46.3 Å². The number of aryl methyl sites for hydroxylation is 1. The topological polar surface area (TPSA) is 80.9 Å². The largest absolute Gasteiger partial charge is 0.493 e. The molecule has 1 fully saturated rings. The Bertz CT molecular complexity index is 988. The number of methoxy groups -OCH3 is 1. The number of hydrogen-bond acceptors (Lipinski definition) is 5. The minimum Gasteiger partial charge on any atom is -0.493 e. The molecule has 1 unspecified atom stereocenters. The fourth-order valence-corrected chi connectivity index (χ4v) is 4.20. The molecule has 0 bridgehead atoms. The predicted octanol–water partition coefficient (Wildman–Crippen LogP) is 4.23. The van der Waals surface area contributed by atoms with Crippen LogP contribution in [0.5, 0.6) is 11.5 Å². The number of rotatable bonds is 10. The maximum Gasteiger partial charge on any atom is 0.270 e. The first kappa shape index (κ1) is 23.6. The summed E-state index contributed by atoms with van der Waals surface area (Å²) < 4.78 is 16.9. The van der Waals surface area contributed by atoms with Crippen LogP contribution in [-0.2, 0) is 11.3 Å². The van der Waals surface area contributed by atoms with Crippen molar-refractivity contribution in [3.8, 4) is 11.5 Å². The number of aromatic amines is 1. The lowest BCUT2D eigenvalue weighted by molar-refractivity contribution is 0.0502. The Morgan fingerprint density at radius 3 is 2.69 bits per heavy atom. The van der Waals surface area contributed by atoms with Gasteiger partial charge in [0.1, 0.15) is 12.3 Å². The Kier molecular flexibility index (Phi) is 7.75. The molecule has 1 N–H and O–H groups in total. The second-order valence-corrected chi connectivity index (χ2v) is 8.09. The number of benzene rings is 1. The zero-order chi connectivity index (χ0) is 23.3. The minimum absolute atomic E-state index is 0.000290. The third kappa shape index (κ3) is 5.22. The van der Waals surface area contributed by atoms with Gasteiger partial charge in [-0.1, -0.05) is 18.7 Å². The first-order chi connectivity index (χ1) is 15.3. The van der Waals surface area contributed by atoms with Crippen molar-refractivity contribution in [3.63, 3.8) is 0 Å². The smallest absolute Gasteiger partial charge is 0.270 e. The Morgan fingerprint density at radius 2 is 2.09 bits per heavy atom. The lowest BCUT2D eigenvalue weighted by Gasteiger charge is -2.26. The van der Waals surface area contributed by atoms with E-state index in [0.717, 1.165) is 18.4 Å². The standard InChI is InChI=1S/C25H32N2O5/c1-6-11-32-21-10-9-19(13-22(21)30-5)14-27(15-20-8-7-12-31-20)25(29)24-16(2)23(18(4)28)17(3)26-24/h6,9-10,13,20,26H,1,7-8,11-12,14-15H2,2-5H3. The molecule has 1 aromatic carbocycles. The van der Waals surface area contributed by atoms with Crippen LogP contribution in [0.1, 0.15) is 57.4 Å². The number of amides is 1. The number of Topliss-reactive ketones (excluding diaryl/α,β-unsaturated/α-hetero) is 1. The van der Waals surface area contributed by atoms with Gasteiger partial charge >= 0.3 is 0 Å². The average molecular weight is 441 g/mol. The average Bonchev–Trinajstić information content (AvgIpc) is 3.38. The number of nitrogens with one attached hydrogen (secondary N) is 1. The molecule has 1 atom stereocenters. The Labute approximate surface area is 189 Å². The van der Waals surface area contributed by atoms with Crippen LogP contribution in [0.25, 0.3) is 0 Å². The van der Waals surface area contributed by atoms with Gasteiger partial charge in [0.25, 0.3) is 5.91 Å². The number of ether oxygens (including phenoxy) is 3. The predicted molar refractivity (Wildman–Crippen MR) is 123 cm³/mol. The molecular weight excluding hydrogens is 408 g/mol. The summed E-state index contributed by atoms with van der Waals surface area (Å²) in [5.41, 5.74) is 3.33. The van der Waals surface area contributed by atoms with Crippen molar-refractivity contribution in [3.05, 3.63) is 58.9 Å². The number of nitrogens with zero attached hydrogens (tertiary/aromatic N) is 1. The van der Waals surface area contributed by atoms with Crippen molar-refractivity contribution in [2.24, 2.45) is 0 Å². The summed E-state index contributed by atoms with van der Waals surface area (Å²) in [7, 11) is 1.59. The van der Waals surface area contributed by atoms with Crippen LogP contribution in [0.3, 0.4) is 0 Å². The van der Waals surface area contributed by atoms with Gasteiger partial charge in [-0.25, -0.2) is 0 Å². The molecule has 0 spiro atoms. The first-order valence-electron chi connectivity index (χ1n) is 10.9. The number of carbonyl (C=O) groups excluding carboxylic acids is 2. The molecule has 32 heavy (non-hydrogen) atoms. The van der Waals surface area contributed by atoms with E-state index in [9.17, 15) is 9.59 Å². The molecule has 7 heteroatoms. The van der Waals surface area contributed by atoms with E-state index in [4.69, 9.17) is 14.2 Å². The lowest BCUT2D eigenvalue weighted by atomic mass is 10.1. The normalized spacial score (nSPS) is 15.4. The number of aromatic nitrogens is 1. The third-order valence-corrected chi connectivity index (χ3v) is 5.70. The fraction of sp³-hybridized carbons (Fsp3) is 0.440. The van der Waals surface area contributed by atoms with E-state index in [0.29, 0.717) is 60.3 Å². The molecule has 1 aliphatic rings. The minimum atomic E-state index is -0.153. The third-order valence-electron chi connectivity index (χ3n) is 5.70. The first-order valence-corrected chi connectivity index (χ1v) is 10.9. The van der Waals surface area contributed by atoms with Crippen molar-refractivity contribution >= 4 is 11.7 Å². The van der Waals surface area contributed by atoms with Gasteiger partial charge in [-0.15, -0.1) is 0 Å². The monoisotopic (exact) mass is 440 g/mol. The van der Waals surface area contributed by atoms with Gasteiger partial charge in [-0.05, 0) is 56.9 Å². The zero-order valence-electron chi connectivity index (χ0n) is 19.3. The maximum atomic E-state index is 13.6. The molecule has 0 aliphatic carbocycles. The van der Waals surface area contributed by atoms with Crippen LogP contribution in [-0.4, -0.2) is 54.5 Å². The SMILES string of the molecule is C=CCOc1ccc(CN(CC2CCCO2)C(=O)c2[nH]c(C)c(C(C)=O)c2C)cc1OC. The summed E-state index contributed by atoms with van der Waals surface area (Å²) in [5, 5.41) is 0. The van der Waals surface area contributed by atoms with Crippen molar-refractivity contribution < 1.29 is 23.8 Å². The van der Waals surface area contributed by atoms with E-state index in [2.05, 4.69) is 11.6 Å². The highest BCUT2D eigenvalue weighted by Gasteiger charge is 2.28. The van der Waals surface area contributed by atoms with E-state index in [-0.39, 0.29) is 17.8 Å². The van der Waals surface area contributed by atoms with Crippen LogP contribution < -0.4 is 9.47 Å². The highest BCUT2D eigenvalue weighted by Crippen LogP contribution is 2.29. The summed E-state index contributed by atoms with van der Waals surface area (Å²) in [6.45, 7) is 10.8. The van der Waals surface area contributed by atoms with E-state index in [1.165, 1.54) is 6.92 Å². The summed E-state index contributed by atoms with van der Waals surface area (Å²) in [5.74, 6) is 1.01. The van der Waals surface area contributed by atoms with Crippen LogP contribution in [0, 0.1) is 13.8 Å². The molecule has 7 nitrogen and oxygen atoms in total. The molecular formula is C25H32N2O5. The van der Waals surface area contributed by atoms with Crippen molar-refractivity contribution in [1.29, 1.82) is 0 Å². The highest BCUT2D eigenvalue weighted by atomic mass is 16.5. The number of hydrogen-bond donors (Lipinski definition) is 1. The highest BCUT2D eigenvalue weighted by molar-refractivity contribution is 6.02. The fourth-order valence-electron chi connectivity index (χ4n) is 4.20. The van der Waals surface area contributed by atoms with Crippen molar-refractivity contribution in [2.75, 3.05) is 26.9 Å². The van der Waals surface area contributed by atoms with E-state index in [1.54, 1.807) is 18.1 Å². The van der Waals surface area contributed by atoms with Crippen LogP contribution >= 0.6 is 0 Å². The van der Waals surface area contributed by atoms with Crippen LogP contribution in [0.4, 0.5) is 0 Å². The summed E-state index contributed by atoms with van der Waals surface area (Å²) in [4.78, 5) is 30.5. The van der Waals surface area contributed by atoms with E-state index < -0.39 is 0 Å². The van der Waals surface area contributed by atoms with Gasteiger partial charge in [-0.2, -0.15) is 0 Å². The molecule has 0 saturated carbocycles. The number of ketones is 1. The molecule has 1 saturated heterocycles. The number of carbonyl (C=O) groups is 2. The van der Waals surface area contributed by atoms with Crippen molar-refractivity contribution in [1.82, 2.24) is 9.88 Å². The Hall–Kier alpha value is -3.06. The molecule has 1 aliphatic heterocycles. The van der Waals surface area contributed by atoms with E-state index in [1.807, 2.05) is 32.0 Å². The Morgan fingerprint density at radius 1 is 1.31 bits per heavy atom. The number of H-pyrrole nitrogens is 1. The second-order valence-electron chi connectivity index (χ2n) is 8.09. The second kappa shape index (κ2) is 10.5. The molecule has 2 aromatic rings. The van der Waals surface area contributed by atoms with Gasteiger partial charge in [0, 0.05) is 31.0 Å². The molecule has 1 amide bonds. The molecule has 1 aromatic heterocycles. The molecule has 2 heterocycles. The van der Waals surface area contributed by atoms with Gasteiger partial charge < -0.3 is 24.1 Å². The van der Waals surface area contributed by atoms with Crippen LogP contribution in [0.2, 0.25) is 0 Å². The quantitative estimate of drug-likeness (QED) is 0.442. The van der Waals surface area contributed by atoms with E-state index >= 15 is 0 Å². The summed E-state index contributed by atoms with van der Waals surface area (Å²) >= 11 is 0.